The van der Waals surface area contributed by atoms with Crippen molar-refractivity contribution in [1.82, 2.24) is 24.8 Å². The molecule has 4 atom stereocenters. The molecule has 5 N–H and O–H groups in total. The molecule has 1 amide bonds. The molecule has 0 spiro atoms. The van der Waals surface area contributed by atoms with Crippen molar-refractivity contribution in [2.75, 3.05) is 19.7 Å². The van der Waals surface area contributed by atoms with E-state index in [1.807, 2.05) is 36.4 Å². The highest BCUT2D eigenvalue weighted by atomic mass is 16.4. The van der Waals surface area contributed by atoms with E-state index < -0.39 is 36.9 Å². The van der Waals surface area contributed by atoms with E-state index in [2.05, 4.69) is 19.9 Å². The molecule has 3 aromatic rings. The van der Waals surface area contributed by atoms with Crippen molar-refractivity contribution in [2.45, 2.75) is 51.0 Å². The molecule has 0 radical (unpaired) electrons. The van der Waals surface area contributed by atoms with Gasteiger partial charge in [-0.3, -0.25) is 24.6 Å². The maximum Gasteiger partial charge on any atom is 0.255 e. The standard InChI is InChI=1S/C27H35N5O6/c1-2-32(17-23(34)25(36)26(37)24(35)18-33)27(38)19-9-10-22(30-13-19)16-31(14-20-7-3-5-11-28-20)15-21-8-4-6-12-29-21/h3-13,23-26,33-37H,2,14-18H2,1H3. The van der Waals surface area contributed by atoms with Gasteiger partial charge in [-0.15, -0.1) is 0 Å². The molecule has 0 saturated heterocycles. The van der Waals surface area contributed by atoms with Gasteiger partial charge in [-0.25, -0.2) is 0 Å². The van der Waals surface area contributed by atoms with Crippen LogP contribution in [-0.2, 0) is 19.6 Å². The van der Waals surface area contributed by atoms with Gasteiger partial charge in [-0.2, -0.15) is 0 Å². The van der Waals surface area contributed by atoms with E-state index in [0.29, 0.717) is 25.2 Å². The predicted octanol–water partition coefficient (Wildman–Crippen LogP) is -0.0280. The van der Waals surface area contributed by atoms with Gasteiger partial charge in [-0.05, 0) is 43.3 Å². The van der Waals surface area contributed by atoms with Gasteiger partial charge >= 0.3 is 0 Å². The first kappa shape index (κ1) is 29.2. The molecule has 38 heavy (non-hydrogen) atoms. The summed E-state index contributed by atoms with van der Waals surface area (Å²) in [6, 6.07) is 14.9. The average Bonchev–Trinajstić information content (AvgIpc) is 2.95. The second-order valence-electron chi connectivity index (χ2n) is 8.97. The number of aliphatic hydroxyl groups excluding tert-OH is 5. The van der Waals surface area contributed by atoms with E-state index in [9.17, 15) is 25.2 Å². The van der Waals surface area contributed by atoms with Gasteiger partial charge in [0.15, 0.2) is 0 Å². The van der Waals surface area contributed by atoms with E-state index in [4.69, 9.17) is 5.11 Å². The number of likely N-dealkylation sites (N-methyl/N-ethyl adjacent to an activating group) is 1. The molecule has 3 heterocycles. The minimum absolute atomic E-state index is 0.227. The first-order chi connectivity index (χ1) is 18.3. The van der Waals surface area contributed by atoms with Gasteiger partial charge < -0.3 is 30.4 Å². The van der Waals surface area contributed by atoms with Crippen LogP contribution in [0.4, 0.5) is 0 Å². The van der Waals surface area contributed by atoms with Gasteiger partial charge in [0, 0.05) is 51.3 Å². The quantitative estimate of drug-likeness (QED) is 0.193. The van der Waals surface area contributed by atoms with Crippen LogP contribution in [0.2, 0.25) is 0 Å². The summed E-state index contributed by atoms with van der Waals surface area (Å²) in [5.74, 6) is -0.408. The predicted molar refractivity (Wildman–Crippen MR) is 138 cm³/mol. The Bertz CT molecular complexity index is 1060. The maximum absolute atomic E-state index is 13.0. The van der Waals surface area contributed by atoms with Gasteiger partial charge in [0.1, 0.15) is 24.4 Å². The zero-order valence-corrected chi connectivity index (χ0v) is 21.3. The topological polar surface area (TPSA) is 163 Å². The highest BCUT2D eigenvalue weighted by molar-refractivity contribution is 5.93. The highest BCUT2D eigenvalue weighted by Crippen LogP contribution is 2.14. The summed E-state index contributed by atoms with van der Waals surface area (Å²) >= 11 is 0. The summed E-state index contributed by atoms with van der Waals surface area (Å²) in [5, 5.41) is 48.7. The average molecular weight is 526 g/mol. The molecule has 0 fully saturated rings. The maximum atomic E-state index is 13.0. The molecule has 204 valence electrons. The molecule has 11 heteroatoms. The number of aromatic nitrogens is 3. The fourth-order valence-corrected chi connectivity index (χ4v) is 3.92. The van der Waals surface area contributed by atoms with Crippen molar-refractivity contribution in [3.8, 4) is 0 Å². The van der Waals surface area contributed by atoms with E-state index in [0.717, 1.165) is 17.1 Å². The van der Waals surface area contributed by atoms with Crippen molar-refractivity contribution >= 4 is 5.91 Å². The van der Waals surface area contributed by atoms with Crippen LogP contribution in [0, 0.1) is 0 Å². The van der Waals surface area contributed by atoms with E-state index >= 15 is 0 Å². The normalized spacial score (nSPS) is 14.6. The van der Waals surface area contributed by atoms with Gasteiger partial charge in [0.2, 0.25) is 0 Å². The Hall–Kier alpha value is -3.32. The van der Waals surface area contributed by atoms with Gasteiger partial charge in [0.05, 0.1) is 29.3 Å². The van der Waals surface area contributed by atoms with Crippen LogP contribution in [0.1, 0.15) is 34.4 Å². The largest absolute Gasteiger partial charge is 0.394 e. The molecule has 0 aliphatic rings. The molecule has 0 aliphatic heterocycles. The number of amides is 1. The van der Waals surface area contributed by atoms with Gasteiger partial charge in [-0.1, -0.05) is 12.1 Å². The lowest BCUT2D eigenvalue weighted by molar-refractivity contribution is -0.117. The second kappa shape index (κ2) is 14.6. The monoisotopic (exact) mass is 525 g/mol. The van der Waals surface area contributed by atoms with Crippen LogP contribution in [0.15, 0.2) is 67.1 Å². The second-order valence-corrected chi connectivity index (χ2v) is 8.97. The molecule has 0 bridgehead atoms. The molecular formula is C27H35N5O6. The van der Waals surface area contributed by atoms with Gasteiger partial charge in [0.25, 0.3) is 5.91 Å². The van der Waals surface area contributed by atoms with E-state index in [-0.39, 0.29) is 13.1 Å². The minimum atomic E-state index is -1.76. The number of aliphatic hydroxyl groups is 5. The number of hydrogen-bond acceptors (Lipinski definition) is 10. The molecule has 3 aromatic heterocycles. The summed E-state index contributed by atoms with van der Waals surface area (Å²) in [6.45, 7) is 2.54. The third-order valence-electron chi connectivity index (χ3n) is 6.08. The highest BCUT2D eigenvalue weighted by Gasteiger charge is 2.32. The molecule has 0 saturated carbocycles. The fraction of sp³-hybridized carbons (Fsp3) is 0.407. The Morgan fingerprint density at radius 2 is 1.34 bits per heavy atom. The summed E-state index contributed by atoms with van der Waals surface area (Å²) in [5.41, 5.74) is 2.86. The summed E-state index contributed by atoms with van der Waals surface area (Å²) < 4.78 is 0. The number of pyridine rings is 3. The zero-order valence-electron chi connectivity index (χ0n) is 21.3. The molecule has 11 nitrogen and oxygen atoms in total. The van der Waals surface area contributed by atoms with E-state index in [1.54, 1.807) is 31.5 Å². The zero-order chi connectivity index (χ0) is 27.5. The molecule has 0 aliphatic carbocycles. The van der Waals surface area contributed by atoms with Crippen LogP contribution in [0.3, 0.4) is 0 Å². The lowest BCUT2D eigenvalue weighted by Crippen LogP contribution is -2.50. The van der Waals surface area contributed by atoms with Crippen molar-refractivity contribution in [1.29, 1.82) is 0 Å². The van der Waals surface area contributed by atoms with Crippen LogP contribution in [0.25, 0.3) is 0 Å². The minimum Gasteiger partial charge on any atom is -0.394 e. The fourth-order valence-electron chi connectivity index (χ4n) is 3.92. The molecule has 0 aromatic carbocycles. The van der Waals surface area contributed by atoms with Crippen LogP contribution in [0.5, 0.6) is 0 Å². The van der Waals surface area contributed by atoms with Crippen molar-refractivity contribution in [3.63, 3.8) is 0 Å². The SMILES string of the molecule is CCN(CC(O)C(O)C(O)C(O)CO)C(=O)c1ccc(CN(Cc2ccccn2)Cc2ccccn2)nc1. The number of nitrogens with zero attached hydrogens (tertiary/aromatic N) is 5. The van der Waals surface area contributed by atoms with Crippen molar-refractivity contribution < 1.29 is 30.3 Å². The smallest absolute Gasteiger partial charge is 0.255 e. The summed E-state index contributed by atoms with van der Waals surface area (Å²) in [4.78, 5) is 29.8. The Balaban J connectivity index is 1.67. The van der Waals surface area contributed by atoms with Crippen LogP contribution in [-0.4, -0.2) is 100 Å². The van der Waals surface area contributed by atoms with Crippen LogP contribution < -0.4 is 0 Å². The van der Waals surface area contributed by atoms with Crippen molar-refractivity contribution in [3.05, 3.63) is 89.8 Å². The molecular weight excluding hydrogens is 490 g/mol. The Morgan fingerprint density at radius 3 is 1.79 bits per heavy atom. The lowest BCUT2D eigenvalue weighted by atomic mass is 10.0. The Morgan fingerprint density at radius 1 is 0.789 bits per heavy atom. The first-order valence-electron chi connectivity index (χ1n) is 12.4. The number of carbonyl (C=O) groups excluding carboxylic acids is 1. The molecule has 4 unspecified atom stereocenters. The summed E-state index contributed by atoms with van der Waals surface area (Å²) in [6.07, 6.45) is -1.69. The number of rotatable bonds is 14. The third-order valence-corrected chi connectivity index (χ3v) is 6.08. The number of hydrogen-bond donors (Lipinski definition) is 5. The number of carbonyl (C=O) groups is 1. The van der Waals surface area contributed by atoms with Crippen molar-refractivity contribution in [2.24, 2.45) is 0 Å². The Kier molecular flexibility index (Phi) is 11.2. The molecule has 3 rings (SSSR count). The van der Waals surface area contributed by atoms with Crippen LogP contribution >= 0.6 is 0 Å². The third kappa shape index (κ3) is 8.35. The Labute approximate surface area is 221 Å². The van der Waals surface area contributed by atoms with E-state index in [1.165, 1.54) is 11.1 Å². The lowest BCUT2D eigenvalue weighted by Gasteiger charge is -2.30. The first-order valence-corrected chi connectivity index (χ1v) is 12.4. The summed E-state index contributed by atoms with van der Waals surface area (Å²) in [7, 11) is 0.